The van der Waals surface area contributed by atoms with Crippen molar-refractivity contribution in [2.45, 2.75) is 6.92 Å². The van der Waals surface area contributed by atoms with Gasteiger partial charge in [-0.15, -0.1) is 6.58 Å². The molecule has 0 amide bonds. The van der Waals surface area contributed by atoms with Crippen LogP contribution in [-0.2, 0) is 0 Å². The van der Waals surface area contributed by atoms with Crippen LogP contribution in [0.2, 0.25) is 0 Å². The highest BCUT2D eigenvalue weighted by atomic mass is 16.5. The fourth-order valence-electron chi connectivity index (χ4n) is 2.09. The molecule has 4 nitrogen and oxygen atoms in total. The van der Waals surface area contributed by atoms with Crippen LogP contribution in [0.25, 0.3) is 0 Å². The van der Waals surface area contributed by atoms with Gasteiger partial charge in [0, 0.05) is 23.1 Å². The van der Waals surface area contributed by atoms with Gasteiger partial charge in [-0.05, 0) is 12.1 Å². The summed E-state index contributed by atoms with van der Waals surface area (Å²) >= 11 is 0. The Hall–Kier alpha value is -2.36. The minimum Gasteiger partial charge on any atom is -0.508 e. The highest BCUT2D eigenvalue weighted by Gasteiger charge is 2.30. The molecule has 0 heterocycles. The van der Waals surface area contributed by atoms with Crippen LogP contribution >= 0.6 is 0 Å². The number of carbonyl (C=O) groups excluding carboxylic acids is 2. The number of rotatable bonds is 3. The van der Waals surface area contributed by atoms with E-state index in [0.717, 1.165) is 0 Å². The quantitative estimate of drug-likeness (QED) is 0.846. The standard InChI is InChI=1S/C15H14O4/c1-4-8(2)10-7-12(17)14-11(15(10)18)5-9(16)6-13(14)19-3/h4-8,16H,1H2,2-3H3. The molecule has 0 aliphatic heterocycles. The largest absolute Gasteiger partial charge is 0.508 e. The molecular formula is C15H14O4. The molecule has 0 spiro atoms. The Morgan fingerprint density at radius 2 is 2.05 bits per heavy atom. The van der Waals surface area contributed by atoms with Crippen molar-refractivity contribution in [3.05, 3.63) is 47.6 Å². The molecule has 1 aromatic carbocycles. The molecule has 98 valence electrons. The smallest absolute Gasteiger partial charge is 0.190 e. The van der Waals surface area contributed by atoms with Crippen LogP contribution in [0.4, 0.5) is 0 Å². The van der Waals surface area contributed by atoms with Crippen LogP contribution in [0.1, 0.15) is 27.6 Å². The van der Waals surface area contributed by atoms with Crippen LogP contribution in [0, 0.1) is 5.92 Å². The van der Waals surface area contributed by atoms with E-state index < -0.39 is 0 Å². The Labute approximate surface area is 111 Å². The molecule has 0 aromatic heterocycles. The average Bonchev–Trinajstić information content (AvgIpc) is 2.40. The number of ketones is 2. The minimum absolute atomic E-state index is 0.107. The lowest BCUT2D eigenvalue weighted by atomic mass is 9.83. The summed E-state index contributed by atoms with van der Waals surface area (Å²) < 4.78 is 5.05. The second kappa shape index (κ2) is 4.72. The Balaban J connectivity index is 2.66. The maximum absolute atomic E-state index is 12.3. The van der Waals surface area contributed by atoms with Gasteiger partial charge < -0.3 is 9.84 Å². The molecule has 0 fully saturated rings. The normalized spacial score (nSPS) is 15.6. The summed E-state index contributed by atoms with van der Waals surface area (Å²) in [4.78, 5) is 24.5. The van der Waals surface area contributed by atoms with Gasteiger partial charge >= 0.3 is 0 Å². The fourth-order valence-corrected chi connectivity index (χ4v) is 2.09. The number of ether oxygens (including phenoxy) is 1. The molecule has 0 radical (unpaired) electrons. The highest BCUT2D eigenvalue weighted by Crippen LogP contribution is 2.34. The zero-order chi connectivity index (χ0) is 14.2. The van der Waals surface area contributed by atoms with E-state index in [-0.39, 0.29) is 40.1 Å². The van der Waals surface area contributed by atoms with Crippen LogP contribution in [0.5, 0.6) is 11.5 Å². The van der Waals surface area contributed by atoms with E-state index in [9.17, 15) is 14.7 Å². The number of Topliss-reactive ketones (excluding diaryl/α,β-unsaturated/α-hetero) is 1. The Bertz CT molecular complexity index is 611. The van der Waals surface area contributed by atoms with Crippen molar-refractivity contribution in [2.75, 3.05) is 7.11 Å². The number of hydrogen-bond acceptors (Lipinski definition) is 4. The molecule has 19 heavy (non-hydrogen) atoms. The van der Waals surface area contributed by atoms with Crippen molar-refractivity contribution in [1.82, 2.24) is 0 Å². The third-order valence-electron chi connectivity index (χ3n) is 3.19. The Kier molecular flexibility index (Phi) is 3.25. The summed E-state index contributed by atoms with van der Waals surface area (Å²) in [5.41, 5.74) is 0.749. The van der Waals surface area contributed by atoms with E-state index in [2.05, 4.69) is 6.58 Å². The highest BCUT2D eigenvalue weighted by molar-refractivity contribution is 6.26. The predicted octanol–water partition coefficient (Wildman–Crippen LogP) is 2.53. The summed E-state index contributed by atoms with van der Waals surface area (Å²) in [7, 11) is 1.39. The molecule has 0 saturated heterocycles. The third kappa shape index (κ3) is 2.05. The first-order chi connectivity index (χ1) is 8.99. The number of fused-ring (bicyclic) bond motifs is 1. The van der Waals surface area contributed by atoms with Gasteiger partial charge in [-0.25, -0.2) is 0 Å². The predicted molar refractivity (Wildman–Crippen MR) is 70.8 cm³/mol. The zero-order valence-electron chi connectivity index (χ0n) is 10.8. The van der Waals surface area contributed by atoms with Gasteiger partial charge in [-0.2, -0.15) is 0 Å². The van der Waals surface area contributed by atoms with Gasteiger partial charge in [-0.3, -0.25) is 9.59 Å². The van der Waals surface area contributed by atoms with Crippen LogP contribution in [0.3, 0.4) is 0 Å². The summed E-state index contributed by atoms with van der Waals surface area (Å²) in [6.45, 7) is 5.41. The zero-order valence-corrected chi connectivity index (χ0v) is 10.8. The molecule has 1 N–H and O–H groups in total. The van der Waals surface area contributed by atoms with Crippen molar-refractivity contribution in [2.24, 2.45) is 5.92 Å². The summed E-state index contributed by atoms with van der Waals surface area (Å²) in [5.74, 6) is -0.705. The summed E-state index contributed by atoms with van der Waals surface area (Å²) in [6.07, 6.45) is 2.92. The molecule has 2 rings (SSSR count). The number of phenolic OH excluding ortho intramolecular Hbond substituents is 1. The van der Waals surface area contributed by atoms with Crippen molar-refractivity contribution in [1.29, 1.82) is 0 Å². The van der Waals surface area contributed by atoms with E-state index in [1.807, 2.05) is 0 Å². The molecule has 0 saturated carbocycles. The van der Waals surface area contributed by atoms with Crippen molar-refractivity contribution in [3.63, 3.8) is 0 Å². The lowest BCUT2D eigenvalue weighted by Gasteiger charge is -2.20. The molecule has 1 aliphatic carbocycles. The number of carbonyl (C=O) groups is 2. The summed E-state index contributed by atoms with van der Waals surface area (Å²) in [5, 5.41) is 9.60. The van der Waals surface area contributed by atoms with E-state index in [1.165, 1.54) is 25.3 Å². The number of benzene rings is 1. The number of allylic oxidation sites excluding steroid dienone is 3. The van der Waals surface area contributed by atoms with E-state index in [4.69, 9.17) is 4.74 Å². The molecule has 1 atom stereocenters. The van der Waals surface area contributed by atoms with Crippen molar-refractivity contribution < 1.29 is 19.4 Å². The molecule has 4 heteroatoms. The topological polar surface area (TPSA) is 63.6 Å². The van der Waals surface area contributed by atoms with Crippen LogP contribution < -0.4 is 4.74 Å². The molecule has 1 aliphatic rings. The SMILES string of the molecule is C=CC(C)C1=CC(=O)c2c(OC)cc(O)cc2C1=O. The van der Waals surface area contributed by atoms with E-state index in [0.29, 0.717) is 5.57 Å². The first kappa shape index (κ1) is 13.1. The lowest BCUT2D eigenvalue weighted by molar-refractivity contribution is 0.0975. The van der Waals surface area contributed by atoms with Gasteiger partial charge in [-0.1, -0.05) is 13.0 Å². The monoisotopic (exact) mass is 258 g/mol. The van der Waals surface area contributed by atoms with E-state index >= 15 is 0 Å². The second-order valence-electron chi connectivity index (χ2n) is 4.39. The van der Waals surface area contributed by atoms with Crippen LogP contribution in [-0.4, -0.2) is 23.8 Å². The fraction of sp³-hybridized carbons (Fsp3) is 0.200. The first-order valence-electron chi connectivity index (χ1n) is 5.83. The number of aromatic hydroxyl groups is 1. The maximum atomic E-state index is 12.3. The number of phenols is 1. The van der Waals surface area contributed by atoms with Gasteiger partial charge in [0.05, 0.1) is 12.7 Å². The molecule has 0 bridgehead atoms. The van der Waals surface area contributed by atoms with Gasteiger partial charge in [0.15, 0.2) is 11.6 Å². The third-order valence-corrected chi connectivity index (χ3v) is 3.19. The Morgan fingerprint density at radius 3 is 2.63 bits per heavy atom. The molecule has 1 aromatic rings. The second-order valence-corrected chi connectivity index (χ2v) is 4.39. The van der Waals surface area contributed by atoms with Crippen LogP contribution in [0.15, 0.2) is 36.4 Å². The maximum Gasteiger partial charge on any atom is 0.190 e. The lowest BCUT2D eigenvalue weighted by Crippen LogP contribution is -2.21. The number of hydrogen-bond donors (Lipinski definition) is 1. The van der Waals surface area contributed by atoms with Crippen molar-refractivity contribution >= 4 is 11.6 Å². The average molecular weight is 258 g/mol. The van der Waals surface area contributed by atoms with Crippen molar-refractivity contribution in [3.8, 4) is 11.5 Å². The van der Waals surface area contributed by atoms with E-state index in [1.54, 1.807) is 13.0 Å². The van der Waals surface area contributed by atoms with Gasteiger partial charge in [0.1, 0.15) is 11.5 Å². The van der Waals surface area contributed by atoms with Gasteiger partial charge in [0.2, 0.25) is 0 Å². The Morgan fingerprint density at radius 1 is 1.37 bits per heavy atom. The number of methoxy groups -OCH3 is 1. The first-order valence-corrected chi connectivity index (χ1v) is 5.83. The molecular weight excluding hydrogens is 244 g/mol. The summed E-state index contributed by atoms with van der Waals surface area (Å²) in [6, 6.07) is 2.61. The minimum atomic E-state index is -0.296. The molecule has 1 unspecified atom stereocenters. The van der Waals surface area contributed by atoms with Gasteiger partial charge in [0.25, 0.3) is 0 Å².